The van der Waals surface area contributed by atoms with Gasteiger partial charge in [-0.2, -0.15) is 5.26 Å². The van der Waals surface area contributed by atoms with Crippen molar-refractivity contribution >= 4 is 40.9 Å². The van der Waals surface area contributed by atoms with Crippen LogP contribution in [0.25, 0.3) is 6.08 Å². The maximum Gasteiger partial charge on any atom is 0.266 e. The van der Waals surface area contributed by atoms with Gasteiger partial charge in [-0.3, -0.25) is 9.59 Å². The Morgan fingerprint density at radius 2 is 1.82 bits per heavy atom. The van der Waals surface area contributed by atoms with Crippen LogP contribution in [-0.4, -0.2) is 23.5 Å². The number of halogens is 2. The van der Waals surface area contributed by atoms with Crippen molar-refractivity contribution in [2.24, 2.45) is 0 Å². The number of nitrogens with one attached hydrogen (secondary N) is 2. The zero-order valence-corrected chi connectivity index (χ0v) is 17.8. The molecule has 0 aliphatic rings. The van der Waals surface area contributed by atoms with Gasteiger partial charge in [0.1, 0.15) is 29.0 Å². The van der Waals surface area contributed by atoms with E-state index in [2.05, 4.69) is 10.6 Å². The lowest BCUT2D eigenvalue weighted by Gasteiger charge is -2.11. The first-order chi connectivity index (χ1) is 15.9. The average Bonchev–Trinajstić information content (AvgIpc) is 2.79. The molecule has 0 unspecified atom stereocenters. The van der Waals surface area contributed by atoms with Crippen LogP contribution < -0.4 is 15.4 Å². The number of carbonyl (C=O) groups is 2. The lowest BCUT2D eigenvalue weighted by atomic mass is 10.1. The van der Waals surface area contributed by atoms with Crippen molar-refractivity contribution < 1.29 is 23.8 Å². The average molecular weight is 466 g/mol. The molecule has 0 aliphatic heterocycles. The monoisotopic (exact) mass is 465 g/mol. The molecule has 2 amide bonds. The molecule has 9 heteroatoms. The molecule has 0 radical (unpaired) electrons. The molecule has 0 heterocycles. The fraction of sp³-hybridized carbons (Fsp3) is 0.0417. The van der Waals surface area contributed by atoms with E-state index in [0.717, 1.165) is 0 Å². The van der Waals surface area contributed by atoms with Gasteiger partial charge in [0, 0.05) is 16.3 Å². The highest BCUT2D eigenvalue weighted by Crippen LogP contribution is 2.26. The Morgan fingerprint density at radius 1 is 1.09 bits per heavy atom. The first kappa shape index (κ1) is 23.3. The number of benzene rings is 3. The van der Waals surface area contributed by atoms with E-state index in [1.165, 1.54) is 66.7 Å². The van der Waals surface area contributed by atoms with E-state index in [4.69, 9.17) is 16.3 Å². The number of nitrogens with zero attached hydrogens (tertiary/aromatic N) is 1. The van der Waals surface area contributed by atoms with Crippen LogP contribution in [0.5, 0.6) is 11.5 Å². The van der Waals surface area contributed by atoms with Gasteiger partial charge in [-0.1, -0.05) is 23.7 Å². The topological polar surface area (TPSA) is 111 Å². The van der Waals surface area contributed by atoms with Gasteiger partial charge in [-0.15, -0.1) is 0 Å². The molecule has 0 aromatic heterocycles. The van der Waals surface area contributed by atoms with Crippen molar-refractivity contribution in [3.05, 3.63) is 88.7 Å². The van der Waals surface area contributed by atoms with Crippen LogP contribution in [0.2, 0.25) is 5.02 Å². The van der Waals surface area contributed by atoms with E-state index in [9.17, 15) is 24.3 Å². The van der Waals surface area contributed by atoms with Gasteiger partial charge in [0.2, 0.25) is 0 Å². The number of rotatable bonds is 7. The van der Waals surface area contributed by atoms with Crippen molar-refractivity contribution in [2.75, 3.05) is 17.2 Å². The zero-order valence-electron chi connectivity index (χ0n) is 17.0. The van der Waals surface area contributed by atoms with Crippen molar-refractivity contribution in [3.63, 3.8) is 0 Å². The van der Waals surface area contributed by atoms with Gasteiger partial charge in [0.15, 0.2) is 6.61 Å². The number of phenols is 1. The maximum atomic E-state index is 13.7. The third-order valence-electron chi connectivity index (χ3n) is 4.27. The number of phenolic OH excluding ortho intramolecular Hbond substituents is 1. The van der Waals surface area contributed by atoms with Crippen molar-refractivity contribution in [2.45, 2.75) is 0 Å². The van der Waals surface area contributed by atoms with Crippen molar-refractivity contribution in [1.82, 2.24) is 0 Å². The number of aromatic hydroxyl groups is 1. The summed E-state index contributed by atoms with van der Waals surface area (Å²) in [7, 11) is 0. The smallest absolute Gasteiger partial charge is 0.266 e. The summed E-state index contributed by atoms with van der Waals surface area (Å²) in [6.07, 6.45) is 1.27. The Kier molecular flexibility index (Phi) is 7.63. The molecule has 0 saturated heterocycles. The number of nitriles is 1. The van der Waals surface area contributed by atoms with Crippen LogP contribution >= 0.6 is 11.6 Å². The number of para-hydroxylation sites is 1. The minimum atomic E-state index is -0.689. The van der Waals surface area contributed by atoms with Crippen LogP contribution in [-0.2, 0) is 9.59 Å². The SMILES string of the molecule is N#CC(=Cc1cc(Cl)ccc1OCC(=O)Nc1ccccc1F)C(=O)Nc1ccc(O)cc1. The van der Waals surface area contributed by atoms with Gasteiger partial charge in [-0.05, 0) is 60.7 Å². The van der Waals surface area contributed by atoms with Gasteiger partial charge in [0.25, 0.3) is 11.8 Å². The van der Waals surface area contributed by atoms with Crippen LogP contribution in [0.15, 0.2) is 72.3 Å². The molecule has 7 nitrogen and oxygen atoms in total. The maximum absolute atomic E-state index is 13.7. The third kappa shape index (κ3) is 6.56. The molecule has 3 aromatic carbocycles. The van der Waals surface area contributed by atoms with E-state index in [-0.39, 0.29) is 22.8 Å². The summed E-state index contributed by atoms with van der Waals surface area (Å²) >= 11 is 6.04. The molecule has 3 N–H and O–H groups in total. The van der Waals surface area contributed by atoms with E-state index < -0.39 is 24.2 Å². The van der Waals surface area contributed by atoms with E-state index in [1.807, 2.05) is 6.07 Å². The summed E-state index contributed by atoms with van der Waals surface area (Å²) in [6, 6.07) is 17.7. The fourth-order valence-corrected chi connectivity index (χ4v) is 2.88. The summed E-state index contributed by atoms with van der Waals surface area (Å²) in [4.78, 5) is 24.6. The minimum Gasteiger partial charge on any atom is -0.508 e. The Morgan fingerprint density at radius 3 is 2.52 bits per heavy atom. The van der Waals surface area contributed by atoms with Crippen LogP contribution in [0.3, 0.4) is 0 Å². The molecule has 0 saturated carbocycles. The van der Waals surface area contributed by atoms with Gasteiger partial charge >= 0.3 is 0 Å². The molecule has 0 fully saturated rings. The first-order valence-electron chi connectivity index (χ1n) is 9.54. The van der Waals surface area contributed by atoms with E-state index in [1.54, 1.807) is 6.07 Å². The summed E-state index contributed by atoms with van der Waals surface area (Å²) in [5.41, 5.74) is 0.441. The number of carbonyl (C=O) groups excluding carboxylic acids is 2. The van der Waals surface area contributed by atoms with Crippen LogP contribution in [0, 0.1) is 17.1 Å². The molecular formula is C24H17ClFN3O4. The molecule has 0 spiro atoms. The molecule has 0 aliphatic carbocycles. The quantitative estimate of drug-likeness (QED) is 0.265. The van der Waals surface area contributed by atoms with Crippen molar-refractivity contribution in [3.8, 4) is 17.6 Å². The van der Waals surface area contributed by atoms with Crippen molar-refractivity contribution in [1.29, 1.82) is 5.26 Å². The largest absolute Gasteiger partial charge is 0.508 e. The predicted octanol–water partition coefficient (Wildman–Crippen LogP) is 4.75. The fourth-order valence-electron chi connectivity index (χ4n) is 2.70. The first-order valence-corrected chi connectivity index (χ1v) is 9.92. The lowest BCUT2D eigenvalue weighted by Crippen LogP contribution is -2.21. The van der Waals surface area contributed by atoms with Crippen LogP contribution in [0.4, 0.5) is 15.8 Å². The summed E-state index contributed by atoms with van der Waals surface area (Å²) in [5, 5.41) is 24.1. The number of hydrogen-bond donors (Lipinski definition) is 3. The minimum absolute atomic E-state index is 0.0139. The molecule has 3 aromatic rings. The Hall–Kier alpha value is -4.35. The molecule has 0 atom stereocenters. The second-order valence-electron chi connectivity index (χ2n) is 6.67. The van der Waals surface area contributed by atoms with E-state index >= 15 is 0 Å². The standard InChI is InChI=1S/C24H17ClFN3O4/c25-17-5-10-22(33-14-23(31)29-21-4-2-1-3-20(21)26)15(12-17)11-16(13-27)24(32)28-18-6-8-19(30)9-7-18/h1-12,30H,14H2,(H,28,32)(H,29,31). The van der Waals surface area contributed by atoms with Crippen LogP contribution in [0.1, 0.15) is 5.56 Å². The summed E-state index contributed by atoms with van der Waals surface area (Å²) < 4.78 is 19.2. The van der Waals surface area contributed by atoms with Gasteiger partial charge in [-0.25, -0.2) is 4.39 Å². The highest BCUT2D eigenvalue weighted by atomic mass is 35.5. The molecule has 0 bridgehead atoms. The van der Waals surface area contributed by atoms with Gasteiger partial charge in [0.05, 0.1) is 5.69 Å². The lowest BCUT2D eigenvalue weighted by molar-refractivity contribution is -0.118. The third-order valence-corrected chi connectivity index (χ3v) is 4.50. The normalized spacial score (nSPS) is 10.8. The number of amides is 2. The number of hydrogen-bond acceptors (Lipinski definition) is 5. The second kappa shape index (κ2) is 10.8. The highest BCUT2D eigenvalue weighted by Gasteiger charge is 2.13. The second-order valence-corrected chi connectivity index (χ2v) is 7.11. The Balaban J connectivity index is 1.75. The molecule has 166 valence electrons. The highest BCUT2D eigenvalue weighted by molar-refractivity contribution is 6.30. The zero-order chi connectivity index (χ0) is 23.8. The summed E-state index contributed by atoms with van der Waals surface area (Å²) in [6.45, 7) is -0.446. The predicted molar refractivity (Wildman–Crippen MR) is 122 cm³/mol. The Labute approximate surface area is 193 Å². The Bertz CT molecular complexity index is 1250. The summed E-state index contributed by atoms with van der Waals surface area (Å²) in [5.74, 6) is -1.65. The van der Waals surface area contributed by atoms with Gasteiger partial charge < -0.3 is 20.5 Å². The van der Waals surface area contributed by atoms with E-state index in [0.29, 0.717) is 16.3 Å². The number of anilines is 2. The molecule has 33 heavy (non-hydrogen) atoms. The molecular weight excluding hydrogens is 449 g/mol. The molecule has 3 rings (SSSR count). The number of ether oxygens (including phenoxy) is 1.